The average molecular weight is 596 g/mol. The molecular weight excluding hydrogens is 563 g/mol. The Hall–Kier alpha value is -3.81. The van der Waals surface area contributed by atoms with E-state index in [0.717, 1.165) is 17.2 Å². The molecule has 0 aliphatic carbocycles. The van der Waals surface area contributed by atoms with Crippen LogP contribution in [0.1, 0.15) is 53.0 Å². The summed E-state index contributed by atoms with van der Waals surface area (Å²) in [6, 6.07) is 31.1. The number of halogens is 4. The Bertz CT molecular complexity index is 1410. The third kappa shape index (κ3) is 8.37. The summed E-state index contributed by atoms with van der Waals surface area (Å²) in [5, 5.41) is 9.04. The quantitative estimate of drug-likeness (QED) is 0.157. The van der Waals surface area contributed by atoms with Crippen molar-refractivity contribution in [1.29, 1.82) is 0 Å². The molecule has 0 fully saturated rings. The highest BCUT2D eigenvalue weighted by Gasteiger charge is 2.34. The molecule has 0 heterocycles. The van der Waals surface area contributed by atoms with Gasteiger partial charge < -0.3 is 9.84 Å². The van der Waals surface area contributed by atoms with E-state index in [-0.39, 0.29) is 17.5 Å². The molecule has 220 valence electrons. The predicted molar refractivity (Wildman–Crippen MR) is 159 cm³/mol. The first kappa shape index (κ1) is 31.1. The monoisotopic (exact) mass is 595 g/mol. The molecule has 0 spiro atoms. The molecule has 0 unspecified atom stereocenters. The third-order valence-corrected chi connectivity index (χ3v) is 7.68. The number of aliphatic carboxylic acids is 1. The highest BCUT2D eigenvalue weighted by molar-refractivity contribution is 6.32. The molecule has 0 amide bonds. The Kier molecular flexibility index (Phi) is 10.7. The van der Waals surface area contributed by atoms with Gasteiger partial charge in [0.05, 0.1) is 23.1 Å². The van der Waals surface area contributed by atoms with E-state index in [0.29, 0.717) is 43.0 Å². The molecular formula is C34H33ClF3NO3. The van der Waals surface area contributed by atoms with Crippen LogP contribution in [0, 0.1) is 0 Å². The van der Waals surface area contributed by atoms with Crippen molar-refractivity contribution >= 4 is 17.6 Å². The van der Waals surface area contributed by atoms with Gasteiger partial charge in [-0.3, -0.25) is 9.69 Å². The van der Waals surface area contributed by atoms with Gasteiger partial charge in [-0.2, -0.15) is 13.2 Å². The summed E-state index contributed by atoms with van der Waals surface area (Å²) in [7, 11) is 0. The fraction of sp³-hybridized carbons (Fsp3) is 0.265. The minimum atomic E-state index is -4.55. The highest BCUT2D eigenvalue weighted by Crippen LogP contribution is 2.37. The molecule has 1 N–H and O–H groups in total. The minimum absolute atomic E-state index is 0.0212. The molecule has 4 nitrogen and oxygen atoms in total. The van der Waals surface area contributed by atoms with Gasteiger partial charge in [0.15, 0.2) is 0 Å². The van der Waals surface area contributed by atoms with Crippen LogP contribution in [0.4, 0.5) is 13.2 Å². The maximum absolute atomic E-state index is 13.6. The van der Waals surface area contributed by atoms with Gasteiger partial charge in [-0.1, -0.05) is 96.5 Å². The number of ether oxygens (including phenoxy) is 1. The van der Waals surface area contributed by atoms with Crippen molar-refractivity contribution in [3.8, 4) is 5.75 Å². The van der Waals surface area contributed by atoms with Gasteiger partial charge in [0.1, 0.15) is 5.75 Å². The number of nitrogens with zero attached hydrogens (tertiary/aromatic N) is 1. The normalized spacial score (nSPS) is 12.5. The molecule has 8 heteroatoms. The number of alkyl halides is 3. The van der Waals surface area contributed by atoms with Crippen LogP contribution in [-0.2, 0) is 17.5 Å². The smallest absolute Gasteiger partial charge is 0.417 e. The molecule has 4 aromatic carbocycles. The predicted octanol–water partition coefficient (Wildman–Crippen LogP) is 8.65. The Morgan fingerprint density at radius 2 is 1.48 bits per heavy atom. The van der Waals surface area contributed by atoms with Crippen LogP contribution >= 0.6 is 11.6 Å². The summed E-state index contributed by atoms with van der Waals surface area (Å²) in [6.07, 6.45) is -3.96. The summed E-state index contributed by atoms with van der Waals surface area (Å²) in [5.74, 6) is -1.02. The van der Waals surface area contributed by atoms with Crippen molar-refractivity contribution in [1.82, 2.24) is 4.90 Å². The molecule has 0 aromatic heterocycles. The van der Waals surface area contributed by atoms with E-state index < -0.39 is 23.6 Å². The van der Waals surface area contributed by atoms with Crippen molar-refractivity contribution in [3.63, 3.8) is 0 Å². The van der Waals surface area contributed by atoms with Crippen molar-refractivity contribution in [3.05, 3.63) is 136 Å². The average Bonchev–Trinajstić information content (AvgIpc) is 2.98. The van der Waals surface area contributed by atoms with E-state index in [2.05, 4.69) is 29.2 Å². The Labute approximate surface area is 249 Å². The fourth-order valence-corrected chi connectivity index (χ4v) is 5.22. The zero-order valence-corrected chi connectivity index (χ0v) is 24.0. The lowest BCUT2D eigenvalue weighted by Gasteiger charge is -2.29. The number of benzene rings is 4. The van der Waals surface area contributed by atoms with E-state index >= 15 is 0 Å². The number of carbonyl (C=O) groups is 1. The summed E-state index contributed by atoms with van der Waals surface area (Å²) >= 11 is 6.30. The lowest BCUT2D eigenvalue weighted by molar-refractivity contribution is -0.138. The maximum atomic E-state index is 13.6. The van der Waals surface area contributed by atoms with Gasteiger partial charge in [0.2, 0.25) is 0 Å². The molecule has 0 saturated heterocycles. The van der Waals surface area contributed by atoms with Gasteiger partial charge in [-0.15, -0.1) is 0 Å². The summed E-state index contributed by atoms with van der Waals surface area (Å²) in [5.41, 5.74) is 2.41. The first-order chi connectivity index (χ1) is 20.1. The second-order valence-electron chi connectivity index (χ2n) is 10.2. The maximum Gasteiger partial charge on any atom is 0.417 e. The number of carboxylic acids is 1. The second-order valence-corrected chi connectivity index (χ2v) is 10.6. The zero-order chi connectivity index (χ0) is 30.1. The first-order valence-electron chi connectivity index (χ1n) is 13.8. The summed E-state index contributed by atoms with van der Waals surface area (Å²) in [6.45, 7) is 3.28. The van der Waals surface area contributed by atoms with Gasteiger partial charge >= 0.3 is 12.1 Å². The van der Waals surface area contributed by atoms with Gasteiger partial charge in [0.25, 0.3) is 0 Å². The van der Waals surface area contributed by atoms with Crippen LogP contribution < -0.4 is 4.74 Å². The summed E-state index contributed by atoms with van der Waals surface area (Å²) < 4.78 is 46.8. The molecule has 0 bridgehead atoms. The lowest BCUT2D eigenvalue weighted by atomic mass is 9.90. The molecule has 4 aromatic rings. The van der Waals surface area contributed by atoms with Crippen LogP contribution in [0.2, 0.25) is 5.02 Å². The highest BCUT2D eigenvalue weighted by atomic mass is 35.5. The lowest BCUT2D eigenvalue weighted by Crippen LogP contribution is -2.31. The standard InChI is InChI=1S/C34H33ClF3NO3/c1-24(33(40)41)27-15-8-17-29(21-27)42-20-10-19-39(22-28-16-9-18-31(32(28)35)34(36,37)38)23-30(25-11-4-2-5-12-25)26-13-6-3-7-14-26/h2-9,11-18,21,24,30H,10,19-20,22-23H2,1H3,(H,40,41)/t24-/m0/s1. The van der Waals surface area contributed by atoms with Crippen molar-refractivity contribution < 1.29 is 27.8 Å². The molecule has 0 aliphatic rings. The first-order valence-corrected chi connectivity index (χ1v) is 14.1. The van der Waals surface area contributed by atoms with Crippen LogP contribution in [0.25, 0.3) is 0 Å². The van der Waals surface area contributed by atoms with Crippen molar-refractivity contribution in [2.24, 2.45) is 0 Å². The van der Waals surface area contributed by atoms with E-state index in [4.69, 9.17) is 16.3 Å². The van der Waals surface area contributed by atoms with Crippen LogP contribution in [0.5, 0.6) is 5.75 Å². The molecule has 0 radical (unpaired) electrons. The Morgan fingerprint density at radius 1 is 0.881 bits per heavy atom. The van der Waals surface area contributed by atoms with Crippen LogP contribution in [0.15, 0.2) is 103 Å². The zero-order valence-electron chi connectivity index (χ0n) is 23.2. The molecule has 0 aliphatic heterocycles. The SMILES string of the molecule is C[C@H](C(=O)O)c1cccc(OCCCN(Cc2cccc(C(F)(F)F)c2Cl)CC(c2ccccc2)c2ccccc2)c1. The van der Waals surface area contributed by atoms with Gasteiger partial charge in [-0.05, 0) is 53.8 Å². The van der Waals surface area contributed by atoms with Crippen molar-refractivity contribution in [2.75, 3.05) is 19.7 Å². The van der Waals surface area contributed by atoms with Gasteiger partial charge in [0, 0.05) is 25.6 Å². The largest absolute Gasteiger partial charge is 0.494 e. The van der Waals surface area contributed by atoms with Crippen molar-refractivity contribution in [2.45, 2.75) is 37.9 Å². The summed E-state index contributed by atoms with van der Waals surface area (Å²) in [4.78, 5) is 13.5. The van der Waals surface area contributed by atoms with E-state index in [1.165, 1.54) is 6.07 Å². The molecule has 42 heavy (non-hydrogen) atoms. The Balaban J connectivity index is 1.55. The van der Waals surface area contributed by atoms with E-state index in [9.17, 15) is 23.1 Å². The molecule has 4 rings (SSSR count). The van der Waals surface area contributed by atoms with Crippen LogP contribution in [-0.4, -0.2) is 35.7 Å². The topological polar surface area (TPSA) is 49.8 Å². The second kappa shape index (κ2) is 14.4. The van der Waals surface area contributed by atoms with Crippen LogP contribution in [0.3, 0.4) is 0 Å². The van der Waals surface area contributed by atoms with Gasteiger partial charge in [-0.25, -0.2) is 0 Å². The molecule has 0 saturated carbocycles. The minimum Gasteiger partial charge on any atom is -0.494 e. The van der Waals surface area contributed by atoms with E-state index in [1.54, 1.807) is 37.3 Å². The third-order valence-electron chi connectivity index (χ3n) is 7.24. The number of hydrogen-bond donors (Lipinski definition) is 1. The van der Waals surface area contributed by atoms with E-state index in [1.807, 2.05) is 36.4 Å². The number of hydrogen-bond acceptors (Lipinski definition) is 3. The molecule has 1 atom stereocenters. The Morgan fingerprint density at radius 3 is 2.07 bits per heavy atom. The fourth-order valence-electron chi connectivity index (χ4n) is 4.92. The number of carboxylic acid groups (broad SMARTS) is 1. The number of rotatable bonds is 13.